The standard InChI is InChI=1S/C13H16FNO4/c1-18-8-2-4-10(14)11(6-8)15-7-9-3-5-12(19-9)13(16)17/h2,4,6,9,12,15H,3,5,7H2,1H3,(H,16,17). The van der Waals surface area contributed by atoms with Gasteiger partial charge in [0.25, 0.3) is 0 Å². The van der Waals surface area contributed by atoms with E-state index in [1.165, 1.54) is 19.2 Å². The summed E-state index contributed by atoms with van der Waals surface area (Å²) in [6.07, 6.45) is 0.173. The molecule has 0 spiro atoms. The lowest BCUT2D eigenvalue weighted by atomic mass is 10.2. The summed E-state index contributed by atoms with van der Waals surface area (Å²) in [6.45, 7) is 0.369. The predicted octanol–water partition coefficient (Wildman–Crippen LogP) is 1.88. The molecule has 0 bridgehead atoms. The smallest absolute Gasteiger partial charge is 0.332 e. The first-order valence-electron chi connectivity index (χ1n) is 6.06. The van der Waals surface area contributed by atoms with Crippen molar-refractivity contribution < 1.29 is 23.8 Å². The molecule has 0 radical (unpaired) electrons. The highest BCUT2D eigenvalue weighted by atomic mass is 19.1. The number of rotatable bonds is 5. The number of halogens is 1. The van der Waals surface area contributed by atoms with Crippen LogP contribution in [0.2, 0.25) is 0 Å². The van der Waals surface area contributed by atoms with Crippen molar-refractivity contribution in [2.24, 2.45) is 0 Å². The molecule has 19 heavy (non-hydrogen) atoms. The SMILES string of the molecule is COc1ccc(F)c(NCC2CCC(C(=O)O)O2)c1. The van der Waals surface area contributed by atoms with Crippen LogP contribution in [0.1, 0.15) is 12.8 Å². The zero-order valence-corrected chi connectivity index (χ0v) is 10.6. The van der Waals surface area contributed by atoms with Gasteiger partial charge in [-0.1, -0.05) is 0 Å². The molecule has 2 unspecified atom stereocenters. The maximum Gasteiger partial charge on any atom is 0.332 e. The number of anilines is 1. The Morgan fingerprint density at radius 1 is 1.58 bits per heavy atom. The number of aliphatic carboxylic acids is 1. The largest absolute Gasteiger partial charge is 0.497 e. The maximum atomic E-state index is 13.5. The fourth-order valence-corrected chi connectivity index (χ4v) is 2.03. The molecule has 2 rings (SSSR count). The van der Waals surface area contributed by atoms with Gasteiger partial charge in [0.15, 0.2) is 6.10 Å². The average Bonchev–Trinajstić information content (AvgIpc) is 2.87. The van der Waals surface area contributed by atoms with Crippen LogP contribution in [0, 0.1) is 5.82 Å². The number of hydrogen-bond donors (Lipinski definition) is 2. The van der Waals surface area contributed by atoms with E-state index in [1.54, 1.807) is 6.07 Å². The minimum absolute atomic E-state index is 0.216. The summed E-state index contributed by atoms with van der Waals surface area (Å²) in [5, 5.41) is 11.7. The average molecular weight is 269 g/mol. The fourth-order valence-electron chi connectivity index (χ4n) is 2.03. The van der Waals surface area contributed by atoms with E-state index in [1.807, 2.05) is 0 Å². The summed E-state index contributed by atoms with van der Waals surface area (Å²) in [4.78, 5) is 10.7. The van der Waals surface area contributed by atoms with E-state index >= 15 is 0 Å². The van der Waals surface area contributed by atoms with E-state index in [9.17, 15) is 9.18 Å². The zero-order valence-electron chi connectivity index (χ0n) is 10.6. The molecule has 104 valence electrons. The molecule has 1 aromatic carbocycles. The van der Waals surface area contributed by atoms with Gasteiger partial charge in [0, 0.05) is 12.6 Å². The lowest BCUT2D eigenvalue weighted by Crippen LogP contribution is -2.24. The van der Waals surface area contributed by atoms with Gasteiger partial charge in [0.1, 0.15) is 11.6 Å². The maximum absolute atomic E-state index is 13.5. The minimum Gasteiger partial charge on any atom is -0.497 e. The van der Waals surface area contributed by atoms with Gasteiger partial charge in [0.2, 0.25) is 0 Å². The highest BCUT2D eigenvalue weighted by Gasteiger charge is 2.30. The lowest BCUT2D eigenvalue weighted by molar-refractivity contribution is -0.149. The first-order chi connectivity index (χ1) is 9.10. The van der Waals surface area contributed by atoms with E-state index < -0.39 is 12.1 Å². The molecule has 1 aromatic rings. The van der Waals surface area contributed by atoms with Gasteiger partial charge in [-0.3, -0.25) is 0 Å². The Bertz CT molecular complexity index is 466. The van der Waals surface area contributed by atoms with Gasteiger partial charge in [-0.2, -0.15) is 0 Å². The summed E-state index contributed by atoms with van der Waals surface area (Å²) in [5.41, 5.74) is 0.321. The summed E-state index contributed by atoms with van der Waals surface area (Å²) in [7, 11) is 1.51. The Hall–Kier alpha value is -1.82. The molecule has 1 saturated heterocycles. The van der Waals surface area contributed by atoms with E-state index in [0.29, 0.717) is 30.8 Å². The van der Waals surface area contributed by atoms with Crippen molar-refractivity contribution >= 4 is 11.7 Å². The van der Waals surface area contributed by atoms with Crippen molar-refractivity contribution in [3.63, 3.8) is 0 Å². The third kappa shape index (κ3) is 3.35. The predicted molar refractivity (Wildman–Crippen MR) is 67.0 cm³/mol. The van der Waals surface area contributed by atoms with Crippen molar-refractivity contribution in [1.82, 2.24) is 0 Å². The van der Waals surface area contributed by atoms with E-state index in [4.69, 9.17) is 14.6 Å². The molecule has 0 amide bonds. The highest BCUT2D eigenvalue weighted by molar-refractivity contribution is 5.72. The number of hydrogen-bond acceptors (Lipinski definition) is 4. The van der Waals surface area contributed by atoms with Crippen LogP contribution >= 0.6 is 0 Å². The van der Waals surface area contributed by atoms with Crippen molar-refractivity contribution in [3.8, 4) is 5.75 Å². The monoisotopic (exact) mass is 269 g/mol. The Morgan fingerprint density at radius 2 is 2.37 bits per heavy atom. The molecule has 6 heteroatoms. The molecule has 0 aromatic heterocycles. The molecule has 0 saturated carbocycles. The van der Waals surface area contributed by atoms with Crippen molar-refractivity contribution in [2.75, 3.05) is 19.0 Å². The number of carbonyl (C=O) groups is 1. The van der Waals surface area contributed by atoms with Crippen LogP contribution in [0.5, 0.6) is 5.75 Å². The third-order valence-corrected chi connectivity index (χ3v) is 3.08. The number of ether oxygens (including phenoxy) is 2. The molecule has 2 atom stereocenters. The normalized spacial score (nSPS) is 22.2. The second kappa shape index (κ2) is 5.88. The quantitative estimate of drug-likeness (QED) is 0.854. The number of carboxylic acids is 1. The molecule has 1 aliphatic rings. The molecule has 5 nitrogen and oxygen atoms in total. The first kappa shape index (κ1) is 13.6. The first-order valence-corrected chi connectivity index (χ1v) is 6.06. The topological polar surface area (TPSA) is 67.8 Å². The van der Waals surface area contributed by atoms with Crippen molar-refractivity contribution in [1.29, 1.82) is 0 Å². The number of carboxylic acid groups (broad SMARTS) is 1. The van der Waals surface area contributed by atoms with E-state index in [0.717, 1.165) is 0 Å². The summed E-state index contributed by atoms with van der Waals surface area (Å²) >= 11 is 0. The van der Waals surface area contributed by atoms with Gasteiger partial charge >= 0.3 is 5.97 Å². The second-order valence-electron chi connectivity index (χ2n) is 4.39. The van der Waals surface area contributed by atoms with E-state index in [2.05, 4.69) is 5.32 Å². The molecule has 0 aliphatic carbocycles. The van der Waals surface area contributed by atoms with Gasteiger partial charge in [-0.25, -0.2) is 9.18 Å². The van der Waals surface area contributed by atoms with Crippen LogP contribution in [0.4, 0.5) is 10.1 Å². The number of methoxy groups -OCH3 is 1. The lowest BCUT2D eigenvalue weighted by Gasteiger charge is -2.14. The summed E-state index contributed by atoms with van der Waals surface area (Å²) < 4.78 is 23.9. The Morgan fingerprint density at radius 3 is 3.00 bits per heavy atom. The van der Waals surface area contributed by atoms with Crippen LogP contribution in [0.25, 0.3) is 0 Å². The second-order valence-corrected chi connectivity index (χ2v) is 4.39. The van der Waals surface area contributed by atoms with Crippen LogP contribution in [0.3, 0.4) is 0 Å². The zero-order chi connectivity index (χ0) is 13.8. The minimum atomic E-state index is -0.949. The summed E-state index contributed by atoms with van der Waals surface area (Å²) in [5.74, 6) is -0.775. The van der Waals surface area contributed by atoms with Crippen LogP contribution < -0.4 is 10.1 Å². The van der Waals surface area contributed by atoms with Crippen LogP contribution in [0.15, 0.2) is 18.2 Å². The highest BCUT2D eigenvalue weighted by Crippen LogP contribution is 2.23. The Labute approximate surface area is 110 Å². The number of benzene rings is 1. The Kier molecular flexibility index (Phi) is 4.21. The van der Waals surface area contributed by atoms with Crippen molar-refractivity contribution in [2.45, 2.75) is 25.0 Å². The van der Waals surface area contributed by atoms with Gasteiger partial charge < -0.3 is 19.9 Å². The Balaban J connectivity index is 1.91. The van der Waals surface area contributed by atoms with Gasteiger partial charge in [-0.15, -0.1) is 0 Å². The summed E-state index contributed by atoms with van der Waals surface area (Å²) in [6, 6.07) is 4.41. The third-order valence-electron chi connectivity index (χ3n) is 3.08. The molecule has 1 heterocycles. The van der Waals surface area contributed by atoms with Gasteiger partial charge in [-0.05, 0) is 25.0 Å². The number of nitrogens with one attached hydrogen (secondary N) is 1. The van der Waals surface area contributed by atoms with Gasteiger partial charge in [0.05, 0.1) is 18.9 Å². The molecule has 1 aliphatic heterocycles. The fraction of sp³-hybridized carbons (Fsp3) is 0.462. The van der Waals surface area contributed by atoms with Crippen LogP contribution in [-0.4, -0.2) is 36.9 Å². The molecule has 1 fully saturated rings. The molecular weight excluding hydrogens is 253 g/mol. The van der Waals surface area contributed by atoms with Crippen LogP contribution in [-0.2, 0) is 9.53 Å². The molecular formula is C13H16FNO4. The van der Waals surface area contributed by atoms with Crippen molar-refractivity contribution in [3.05, 3.63) is 24.0 Å². The van der Waals surface area contributed by atoms with E-state index in [-0.39, 0.29) is 11.9 Å². The molecule has 2 N–H and O–H groups in total.